The van der Waals surface area contributed by atoms with Gasteiger partial charge in [0.15, 0.2) is 0 Å². The van der Waals surface area contributed by atoms with Gasteiger partial charge in [0, 0.05) is 19.7 Å². The molecule has 14 heavy (non-hydrogen) atoms. The number of rotatable bonds is 8. The third-order valence-electron chi connectivity index (χ3n) is 2.64. The van der Waals surface area contributed by atoms with Crippen LogP contribution in [0.25, 0.3) is 0 Å². The lowest BCUT2D eigenvalue weighted by atomic mass is 10.1. The predicted octanol–water partition coefficient (Wildman–Crippen LogP) is 1.14. The van der Waals surface area contributed by atoms with Crippen molar-refractivity contribution in [2.45, 2.75) is 44.8 Å². The Bertz CT molecular complexity index is 155. The van der Waals surface area contributed by atoms with Gasteiger partial charge in [0.25, 0.3) is 0 Å². The first-order chi connectivity index (χ1) is 6.64. The van der Waals surface area contributed by atoms with E-state index >= 15 is 0 Å². The molecule has 3 nitrogen and oxygen atoms in total. The van der Waals surface area contributed by atoms with Gasteiger partial charge in [-0.25, -0.2) is 0 Å². The zero-order valence-electron chi connectivity index (χ0n) is 9.73. The normalized spacial score (nSPS) is 17.4. The molecule has 0 heterocycles. The van der Waals surface area contributed by atoms with Gasteiger partial charge in [-0.1, -0.05) is 0 Å². The van der Waals surface area contributed by atoms with E-state index in [1.807, 2.05) is 0 Å². The average molecular weight is 200 g/mol. The van der Waals surface area contributed by atoms with E-state index in [0.29, 0.717) is 0 Å². The number of hydrogen-bond donors (Lipinski definition) is 2. The standard InChI is InChI=1S/C11H24N2O/c1-11(2,14-3)9-12-7-4-8-13-10-5-6-10/h10,12-13H,4-9H2,1-3H3. The first kappa shape index (κ1) is 12.0. The molecular formula is C11H24N2O. The maximum Gasteiger partial charge on any atom is 0.0746 e. The number of methoxy groups -OCH3 is 1. The van der Waals surface area contributed by atoms with Crippen LogP contribution in [0, 0.1) is 0 Å². The monoisotopic (exact) mass is 200 g/mol. The second kappa shape index (κ2) is 5.69. The summed E-state index contributed by atoms with van der Waals surface area (Å²) in [5.74, 6) is 0. The van der Waals surface area contributed by atoms with Crippen LogP contribution in [0.1, 0.15) is 33.1 Å². The van der Waals surface area contributed by atoms with Crippen molar-refractivity contribution in [3.05, 3.63) is 0 Å². The van der Waals surface area contributed by atoms with Gasteiger partial charge < -0.3 is 15.4 Å². The van der Waals surface area contributed by atoms with E-state index in [4.69, 9.17) is 4.74 Å². The Morgan fingerprint density at radius 1 is 1.29 bits per heavy atom. The third kappa shape index (κ3) is 5.58. The molecule has 1 fully saturated rings. The molecule has 1 rings (SSSR count). The van der Waals surface area contributed by atoms with Gasteiger partial charge in [-0.05, 0) is 46.2 Å². The average Bonchev–Trinajstić information content (AvgIpc) is 2.95. The fraction of sp³-hybridized carbons (Fsp3) is 1.00. The molecule has 0 amide bonds. The minimum atomic E-state index is -0.0378. The van der Waals surface area contributed by atoms with Crippen molar-refractivity contribution in [3.63, 3.8) is 0 Å². The second-order valence-electron chi connectivity index (χ2n) is 4.72. The van der Waals surface area contributed by atoms with E-state index in [2.05, 4.69) is 24.5 Å². The fourth-order valence-corrected chi connectivity index (χ4v) is 1.27. The van der Waals surface area contributed by atoms with Gasteiger partial charge >= 0.3 is 0 Å². The van der Waals surface area contributed by atoms with Crippen LogP contribution < -0.4 is 10.6 Å². The van der Waals surface area contributed by atoms with Crippen molar-refractivity contribution in [2.75, 3.05) is 26.7 Å². The Morgan fingerprint density at radius 2 is 2.00 bits per heavy atom. The quantitative estimate of drug-likeness (QED) is 0.577. The summed E-state index contributed by atoms with van der Waals surface area (Å²) in [6.07, 6.45) is 3.96. The molecule has 0 unspecified atom stereocenters. The first-order valence-corrected chi connectivity index (χ1v) is 5.63. The van der Waals surface area contributed by atoms with Crippen LogP contribution in [0.15, 0.2) is 0 Å². The van der Waals surface area contributed by atoms with E-state index in [1.54, 1.807) is 7.11 Å². The van der Waals surface area contributed by atoms with Gasteiger partial charge in [-0.2, -0.15) is 0 Å². The van der Waals surface area contributed by atoms with Crippen LogP contribution in [0.4, 0.5) is 0 Å². The summed E-state index contributed by atoms with van der Waals surface area (Å²) >= 11 is 0. The van der Waals surface area contributed by atoms with Crippen molar-refractivity contribution >= 4 is 0 Å². The summed E-state index contributed by atoms with van der Waals surface area (Å²) in [5, 5.41) is 6.90. The summed E-state index contributed by atoms with van der Waals surface area (Å²) in [6, 6.07) is 0.838. The molecule has 0 aromatic rings. The lowest BCUT2D eigenvalue weighted by Gasteiger charge is -2.23. The Balaban J connectivity index is 1.83. The summed E-state index contributed by atoms with van der Waals surface area (Å²) in [6.45, 7) is 7.34. The van der Waals surface area contributed by atoms with Crippen LogP contribution in [0.5, 0.6) is 0 Å². The number of ether oxygens (including phenoxy) is 1. The minimum Gasteiger partial charge on any atom is -0.377 e. The summed E-state index contributed by atoms with van der Waals surface area (Å²) in [7, 11) is 1.76. The highest BCUT2D eigenvalue weighted by Gasteiger charge is 2.19. The maximum absolute atomic E-state index is 5.31. The van der Waals surface area contributed by atoms with Crippen molar-refractivity contribution in [1.29, 1.82) is 0 Å². The molecule has 2 N–H and O–H groups in total. The molecule has 0 aromatic heterocycles. The van der Waals surface area contributed by atoms with Gasteiger partial charge in [-0.15, -0.1) is 0 Å². The molecule has 0 aromatic carbocycles. The molecule has 84 valence electrons. The fourth-order valence-electron chi connectivity index (χ4n) is 1.27. The van der Waals surface area contributed by atoms with E-state index in [1.165, 1.54) is 19.3 Å². The summed E-state index contributed by atoms with van der Waals surface area (Å²) in [4.78, 5) is 0. The van der Waals surface area contributed by atoms with Gasteiger partial charge in [0.2, 0.25) is 0 Å². The zero-order valence-corrected chi connectivity index (χ0v) is 9.73. The summed E-state index contributed by atoms with van der Waals surface area (Å²) in [5.41, 5.74) is -0.0378. The SMILES string of the molecule is COC(C)(C)CNCCCNC1CC1. The van der Waals surface area contributed by atoms with Crippen LogP contribution in [-0.2, 0) is 4.74 Å². The van der Waals surface area contributed by atoms with Crippen molar-refractivity contribution in [2.24, 2.45) is 0 Å². The van der Waals surface area contributed by atoms with Crippen molar-refractivity contribution < 1.29 is 4.74 Å². The van der Waals surface area contributed by atoms with Crippen LogP contribution in [-0.4, -0.2) is 38.4 Å². The highest BCUT2D eigenvalue weighted by molar-refractivity contribution is 4.80. The van der Waals surface area contributed by atoms with E-state index < -0.39 is 0 Å². The lowest BCUT2D eigenvalue weighted by Crippen LogP contribution is -2.37. The smallest absolute Gasteiger partial charge is 0.0746 e. The van der Waals surface area contributed by atoms with Crippen LogP contribution in [0.3, 0.4) is 0 Å². The van der Waals surface area contributed by atoms with Crippen LogP contribution in [0.2, 0.25) is 0 Å². The number of nitrogens with one attached hydrogen (secondary N) is 2. The Hall–Kier alpha value is -0.120. The molecular weight excluding hydrogens is 176 g/mol. The molecule has 0 radical (unpaired) electrons. The Morgan fingerprint density at radius 3 is 2.57 bits per heavy atom. The number of hydrogen-bond acceptors (Lipinski definition) is 3. The highest BCUT2D eigenvalue weighted by atomic mass is 16.5. The van der Waals surface area contributed by atoms with E-state index in [9.17, 15) is 0 Å². The van der Waals surface area contributed by atoms with Gasteiger partial charge in [-0.3, -0.25) is 0 Å². The Kier molecular flexibility index (Phi) is 4.85. The first-order valence-electron chi connectivity index (χ1n) is 5.63. The molecule has 1 aliphatic carbocycles. The molecule has 0 spiro atoms. The molecule has 1 saturated carbocycles. The van der Waals surface area contributed by atoms with E-state index in [-0.39, 0.29) is 5.60 Å². The van der Waals surface area contributed by atoms with Gasteiger partial charge in [0.05, 0.1) is 5.60 Å². The molecule has 0 atom stereocenters. The third-order valence-corrected chi connectivity index (χ3v) is 2.64. The lowest BCUT2D eigenvalue weighted by molar-refractivity contribution is 0.0234. The molecule has 0 aliphatic heterocycles. The molecule has 3 heteroatoms. The topological polar surface area (TPSA) is 33.3 Å². The molecule has 0 saturated heterocycles. The molecule has 0 bridgehead atoms. The Labute approximate surface area is 87.6 Å². The molecule has 1 aliphatic rings. The maximum atomic E-state index is 5.31. The van der Waals surface area contributed by atoms with E-state index in [0.717, 1.165) is 25.7 Å². The highest BCUT2D eigenvalue weighted by Crippen LogP contribution is 2.18. The van der Waals surface area contributed by atoms with Crippen molar-refractivity contribution in [1.82, 2.24) is 10.6 Å². The van der Waals surface area contributed by atoms with Crippen molar-refractivity contribution in [3.8, 4) is 0 Å². The summed E-state index contributed by atoms with van der Waals surface area (Å²) < 4.78 is 5.31. The predicted molar refractivity (Wildman–Crippen MR) is 59.6 cm³/mol. The van der Waals surface area contributed by atoms with Gasteiger partial charge in [0.1, 0.15) is 0 Å². The second-order valence-corrected chi connectivity index (χ2v) is 4.72. The minimum absolute atomic E-state index is 0.0378. The van der Waals surface area contributed by atoms with Crippen LogP contribution >= 0.6 is 0 Å². The zero-order chi connectivity index (χ0) is 10.4. The largest absolute Gasteiger partial charge is 0.377 e.